The van der Waals surface area contributed by atoms with Gasteiger partial charge in [-0.2, -0.15) is 5.10 Å². The van der Waals surface area contributed by atoms with Gasteiger partial charge in [0.1, 0.15) is 0 Å². The van der Waals surface area contributed by atoms with Gasteiger partial charge in [0, 0.05) is 6.54 Å². The number of anilines is 1. The zero-order chi connectivity index (χ0) is 12.3. The maximum Gasteiger partial charge on any atom is 0.157 e. The van der Waals surface area contributed by atoms with Gasteiger partial charge in [-0.1, -0.05) is 17.7 Å². The van der Waals surface area contributed by atoms with E-state index in [9.17, 15) is 0 Å². The first-order chi connectivity index (χ1) is 8.18. The van der Waals surface area contributed by atoms with Crippen molar-refractivity contribution < 1.29 is 0 Å². The van der Waals surface area contributed by atoms with Gasteiger partial charge in [-0.25, -0.2) is 0 Å². The minimum absolute atomic E-state index is 0.728. The molecule has 92 valence electrons. The van der Waals surface area contributed by atoms with Crippen LogP contribution in [0, 0.1) is 0 Å². The monoisotopic (exact) mass is 252 g/mol. The summed E-state index contributed by atoms with van der Waals surface area (Å²) in [5, 5.41) is 12.2. The minimum Gasteiger partial charge on any atom is -0.368 e. The van der Waals surface area contributed by atoms with E-state index in [2.05, 4.69) is 34.5 Å². The normalized spacial score (nSPS) is 11.3. The Morgan fingerprint density at radius 1 is 1.41 bits per heavy atom. The molecule has 0 aliphatic carbocycles. The fraction of sp³-hybridized carbons (Fsp3) is 0.417. The molecule has 0 aliphatic rings. The molecule has 1 aromatic heterocycles. The first-order valence-corrected chi connectivity index (χ1v) is 6.07. The molecule has 1 heterocycles. The van der Waals surface area contributed by atoms with Crippen molar-refractivity contribution in [1.29, 1.82) is 0 Å². The number of nitrogens with one attached hydrogen (secondary N) is 2. The maximum absolute atomic E-state index is 6.16. The minimum atomic E-state index is 0.728. The topological polar surface area (TPSA) is 44.0 Å². The molecule has 0 radical (unpaired) electrons. The van der Waals surface area contributed by atoms with Crippen LogP contribution in [0.15, 0.2) is 18.2 Å². The van der Waals surface area contributed by atoms with Crippen molar-refractivity contribution in [2.24, 2.45) is 0 Å². The molecule has 2 N–H and O–H groups in total. The lowest BCUT2D eigenvalue weighted by Gasteiger charge is -2.09. The van der Waals surface area contributed by atoms with Gasteiger partial charge in [-0.3, -0.25) is 5.10 Å². The van der Waals surface area contributed by atoms with Crippen LogP contribution in [0.4, 0.5) is 5.82 Å². The smallest absolute Gasteiger partial charge is 0.157 e. The molecule has 17 heavy (non-hydrogen) atoms. The predicted molar refractivity (Wildman–Crippen MR) is 72.8 cm³/mol. The summed E-state index contributed by atoms with van der Waals surface area (Å²) >= 11 is 6.16. The molecule has 5 heteroatoms. The molecule has 0 aliphatic heterocycles. The average molecular weight is 253 g/mol. The third kappa shape index (κ3) is 2.90. The third-order valence-corrected chi connectivity index (χ3v) is 2.93. The van der Waals surface area contributed by atoms with Gasteiger partial charge in [0.05, 0.1) is 15.9 Å². The second kappa shape index (κ2) is 5.38. The molecular weight excluding hydrogens is 236 g/mol. The van der Waals surface area contributed by atoms with Crippen molar-refractivity contribution in [1.82, 2.24) is 15.1 Å². The van der Waals surface area contributed by atoms with Gasteiger partial charge in [0.25, 0.3) is 0 Å². The molecule has 0 saturated carbocycles. The number of rotatable bonds is 5. The molecular formula is C12H17ClN4. The summed E-state index contributed by atoms with van der Waals surface area (Å²) in [4.78, 5) is 2.16. The molecule has 2 aromatic rings. The molecule has 0 amide bonds. The Labute approximate surface area is 106 Å². The lowest BCUT2D eigenvalue weighted by atomic mass is 10.2. The zero-order valence-corrected chi connectivity index (χ0v) is 10.9. The highest BCUT2D eigenvalue weighted by molar-refractivity contribution is 6.36. The molecule has 1 aromatic carbocycles. The van der Waals surface area contributed by atoms with Gasteiger partial charge in [0.15, 0.2) is 5.82 Å². The van der Waals surface area contributed by atoms with Crippen LogP contribution in [0.25, 0.3) is 10.9 Å². The Hall–Kier alpha value is -1.26. The van der Waals surface area contributed by atoms with Crippen molar-refractivity contribution in [2.75, 3.05) is 32.5 Å². The number of aromatic amines is 1. The summed E-state index contributed by atoms with van der Waals surface area (Å²) < 4.78 is 0. The van der Waals surface area contributed by atoms with Gasteiger partial charge < -0.3 is 10.2 Å². The van der Waals surface area contributed by atoms with E-state index < -0.39 is 0 Å². The van der Waals surface area contributed by atoms with E-state index in [0.717, 1.165) is 41.3 Å². The molecule has 0 atom stereocenters. The number of aromatic nitrogens is 2. The fourth-order valence-electron chi connectivity index (χ4n) is 1.76. The van der Waals surface area contributed by atoms with E-state index in [4.69, 9.17) is 11.6 Å². The zero-order valence-electron chi connectivity index (χ0n) is 10.1. The Morgan fingerprint density at radius 3 is 3.00 bits per heavy atom. The maximum atomic E-state index is 6.16. The third-order valence-electron chi connectivity index (χ3n) is 2.61. The van der Waals surface area contributed by atoms with Crippen LogP contribution in [0.5, 0.6) is 0 Å². The van der Waals surface area contributed by atoms with Gasteiger partial charge in [0.2, 0.25) is 0 Å². The highest BCUT2D eigenvalue weighted by atomic mass is 35.5. The van der Waals surface area contributed by atoms with E-state index in [-0.39, 0.29) is 0 Å². The predicted octanol–water partition coefficient (Wildman–Crippen LogP) is 2.58. The number of hydrogen-bond donors (Lipinski definition) is 2. The van der Waals surface area contributed by atoms with E-state index in [1.165, 1.54) is 0 Å². The Kier molecular flexibility index (Phi) is 3.86. The number of nitrogens with zero attached hydrogens (tertiary/aromatic N) is 2. The second-order valence-corrected chi connectivity index (χ2v) is 4.73. The van der Waals surface area contributed by atoms with Crippen molar-refractivity contribution in [2.45, 2.75) is 6.42 Å². The summed E-state index contributed by atoms with van der Waals surface area (Å²) in [5.41, 5.74) is 0.965. The van der Waals surface area contributed by atoms with E-state index in [0.29, 0.717) is 0 Å². The van der Waals surface area contributed by atoms with Crippen LogP contribution in [-0.4, -0.2) is 42.3 Å². The molecule has 2 rings (SSSR count). The number of fused-ring (bicyclic) bond motifs is 1. The number of hydrogen-bond acceptors (Lipinski definition) is 3. The summed E-state index contributed by atoms with van der Waals surface area (Å²) in [6, 6.07) is 5.77. The highest BCUT2D eigenvalue weighted by Gasteiger charge is 2.07. The van der Waals surface area contributed by atoms with Gasteiger partial charge in [-0.05, 0) is 39.2 Å². The quantitative estimate of drug-likeness (QED) is 0.804. The van der Waals surface area contributed by atoms with Gasteiger partial charge in [-0.15, -0.1) is 0 Å². The van der Waals surface area contributed by atoms with Crippen molar-refractivity contribution in [3.05, 3.63) is 23.2 Å². The summed E-state index contributed by atoms with van der Waals surface area (Å²) in [7, 11) is 4.14. The first kappa shape index (κ1) is 12.2. The number of benzene rings is 1. The standard InChI is InChI=1S/C12H17ClN4/c1-17(2)8-4-7-14-12-11-9(13)5-3-6-10(11)15-16-12/h3,5-6H,4,7-8H2,1-2H3,(H2,14,15,16). The Morgan fingerprint density at radius 2 is 2.24 bits per heavy atom. The van der Waals surface area contributed by atoms with Crippen molar-refractivity contribution >= 4 is 28.3 Å². The van der Waals surface area contributed by atoms with Gasteiger partial charge >= 0.3 is 0 Å². The van der Waals surface area contributed by atoms with E-state index >= 15 is 0 Å². The van der Waals surface area contributed by atoms with Crippen LogP contribution in [-0.2, 0) is 0 Å². The molecule has 0 bridgehead atoms. The lowest BCUT2D eigenvalue weighted by Crippen LogP contribution is -2.16. The number of halogens is 1. The molecule has 0 fully saturated rings. The molecule has 0 saturated heterocycles. The number of H-pyrrole nitrogens is 1. The lowest BCUT2D eigenvalue weighted by molar-refractivity contribution is 0.405. The van der Waals surface area contributed by atoms with Crippen molar-refractivity contribution in [3.63, 3.8) is 0 Å². The SMILES string of the molecule is CN(C)CCCNc1n[nH]c2cccc(Cl)c12. The van der Waals surface area contributed by atoms with Crippen LogP contribution in [0.1, 0.15) is 6.42 Å². The van der Waals surface area contributed by atoms with Crippen LogP contribution < -0.4 is 5.32 Å². The van der Waals surface area contributed by atoms with Crippen LogP contribution >= 0.6 is 11.6 Å². The summed E-state index contributed by atoms with van der Waals surface area (Å²) in [6.45, 7) is 1.95. The Bertz CT molecular complexity index is 492. The van der Waals surface area contributed by atoms with E-state index in [1.807, 2.05) is 18.2 Å². The fourth-order valence-corrected chi connectivity index (χ4v) is 2.02. The molecule has 4 nitrogen and oxygen atoms in total. The van der Waals surface area contributed by atoms with E-state index in [1.54, 1.807) is 0 Å². The van der Waals surface area contributed by atoms with Crippen LogP contribution in [0.3, 0.4) is 0 Å². The van der Waals surface area contributed by atoms with Crippen molar-refractivity contribution in [3.8, 4) is 0 Å². The summed E-state index contributed by atoms with van der Waals surface area (Å²) in [5.74, 6) is 0.837. The summed E-state index contributed by atoms with van der Waals surface area (Å²) in [6.07, 6.45) is 1.08. The van der Waals surface area contributed by atoms with Crippen LogP contribution in [0.2, 0.25) is 5.02 Å². The average Bonchev–Trinajstić information content (AvgIpc) is 2.69. The second-order valence-electron chi connectivity index (χ2n) is 4.32. The highest BCUT2D eigenvalue weighted by Crippen LogP contribution is 2.27. The first-order valence-electron chi connectivity index (χ1n) is 5.69. The molecule has 0 unspecified atom stereocenters. The largest absolute Gasteiger partial charge is 0.368 e. The Balaban J connectivity index is 2.04. The molecule has 0 spiro atoms.